The molecule has 4 heterocycles. The Morgan fingerprint density at radius 3 is 2.65 bits per heavy atom. The van der Waals surface area contributed by atoms with Crippen LogP contribution in [0.2, 0.25) is 0 Å². The van der Waals surface area contributed by atoms with E-state index in [9.17, 15) is 14.4 Å². The quantitative estimate of drug-likeness (QED) is 0.493. The Bertz CT molecular complexity index is 900. The fourth-order valence-corrected chi connectivity index (χ4v) is 5.32. The number of methoxy groups -OCH3 is 1. The number of nitrogens with zero attached hydrogens (tertiary/aromatic N) is 3. The number of likely N-dealkylation sites (tertiary alicyclic amines) is 1. The molecule has 3 aliphatic rings. The Balaban J connectivity index is 1.34. The van der Waals surface area contributed by atoms with Crippen molar-refractivity contribution in [2.75, 3.05) is 46.6 Å². The molecule has 188 valence electrons. The molecule has 1 aromatic heterocycles. The third-order valence-electron chi connectivity index (χ3n) is 7.44. The van der Waals surface area contributed by atoms with Crippen molar-refractivity contribution in [1.29, 1.82) is 0 Å². The van der Waals surface area contributed by atoms with E-state index in [4.69, 9.17) is 19.3 Å². The van der Waals surface area contributed by atoms with Gasteiger partial charge in [0, 0.05) is 45.0 Å². The van der Waals surface area contributed by atoms with Gasteiger partial charge in [0.05, 0.1) is 25.3 Å². The van der Waals surface area contributed by atoms with Crippen LogP contribution in [0, 0.1) is 11.3 Å². The Kier molecular flexibility index (Phi) is 7.75. The smallest absolute Gasteiger partial charge is 0.409 e. The molecule has 10 nitrogen and oxygen atoms in total. The number of hydrogen-bond acceptors (Lipinski definition) is 7. The first-order valence-electron chi connectivity index (χ1n) is 12.4. The second-order valence-electron chi connectivity index (χ2n) is 9.56. The number of nitrogens with one attached hydrogen (secondary N) is 1. The van der Waals surface area contributed by atoms with Gasteiger partial charge in [-0.2, -0.15) is 5.10 Å². The van der Waals surface area contributed by atoms with Crippen LogP contribution in [0.1, 0.15) is 60.8 Å². The van der Waals surface area contributed by atoms with Crippen LogP contribution in [-0.2, 0) is 38.4 Å². The lowest BCUT2D eigenvalue weighted by atomic mass is 9.75. The predicted octanol–water partition coefficient (Wildman–Crippen LogP) is 1.94. The second-order valence-corrected chi connectivity index (χ2v) is 9.56. The molecule has 1 aromatic rings. The first-order valence-corrected chi connectivity index (χ1v) is 12.4. The first-order chi connectivity index (χ1) is 16.5. The minimum atomic E-state index is -0.353. The third kappa shape index (κ3) is 5.21. The van der Waals surface area contributed by atoms with Crippen LogP contribution in [0.15, 0.2) is 0 Å². The molecule has 0 atom stereocenters. The summed E-state index contributed by atoms with van der Waals surface area (Å²) in [7, 11) is 1.36. The summed E-state index contributed by atoms with van der Waals surface area (Å²) in [6.45, 7) is 6.05. The van der Waals surface area contributed by atoms with Crippen molar-refractivity contribution in [1.82, 2.24) is 20.0 Å². The Labute approximate surface area is 200 Å². The highest BCUT2D eigenvalue weighted by molar-refractivity contribution is 5.94. The maximum absolute atomic E-state index is 12.9. The van der Waals surface area contributed by atoms with Gasteiger partial charge in [0.1, 0.15) is 5.69 Å². The number of carbonyl (C=O) groups is 3. The van der Waals surface area contributed by atoms with Crippen LogP contribution in [0.4, 0.5) is 4.79 Å². The fourth-order valence-electron chi connectivity index (χ4n) is 5.32. The summed E-state index contributed by atoms with van der Waals surface area (Å²) in [4.78, 5) is 38.6. The monoisotopic (exact) mass is 476 g/mol. The number of fused-ring (bicyclic) bond motifs is 1. The summed E-state index contributed by atoms with van der Waals surface area (Å²) < 4.78 is 17.7. The second kappa shape index (κ2) is 10.8. The van der Waals surface area contributed by atoms with Gasteiger partial charge in [0.15, 0.2) is 0 Å². The molecule has 2 saturated heterocycles. The van der Waals surface area contributed by atoms with Gasteiger partial charge in [-0.25, -0.2) is 4.79 Å². The van der Waals surface area contributed by atoms with E-state index < -0.39 is 0 Å². The minimum absolute atomic E-state index is 0.0149. The lowest BCUT2D eigenvalue weighted by Crippen LogP contribution is -2.40. The number of amides is 2. The summed E-state index contributed by atoms with van der Waals surface area (Å²) in [5.41, 5.74) is 2.67. The van der Waals surface area contributed by atoms with Gasteiger partial charge in [-0.05, 0) is 57.3 Å². The van der Waals surface area contributed by atoms with E-state index in [0.29, 0.717) is 64.2 Å². The number of piperidine rings is 1. The Morgan fingerprint density at radius 2 is 1.97 bits per heavy atom. The molecular formula is C24H36N4O6. The largest absolute Gasteiger partial charge is 0.465 e. The highest BCUT2D eigenvalue weighted by Gasteiger charge is 2.39. The minimum Gasteiger partial charge on any atom is -0.465 e. The SMILES string of the molecule is CCn1nc(CCCOC(=O)C2CCN(C(=O)OC)CC2)c2c1C(=O)NCC1(CCOCC1)C2. The molecule has 3 aliphatic heterocycles. The van der Waals surface area contributed by atoms with Crippen molar-refractivity contribution in [3.63, 3.8) is 0 Å². The van der Waals surface area contributed by atoms with Crippen molar-refractivity contribution >= 4 is 18.0 Å². The van der Waals surface area contributed by atoms with Crippen LogP contribution in [0.5, 0.6) is 0 Å². The summed E-state index contributed by atoms with van der Waals surface area (Å²) in [6.07, 6.45) is 4.80. The van der Waals surface area contributed by atoms with Gasteiger partial charge >= 0.3 is 12.1 Å². The molecular weight excluding hydrogens is 440 g/mol. The van der Waals surface area contributed by atoms with E-state index >= 15 is 0 Å². The Hall–Kier alpha value is -2.62. The standard InChI is InChI=1S/C24H36N4O6/c1-3-28-20-18(15-24(16-25-21(20)29)8-13-33-14-9-24)19(26-28)5-4-12-34-22(30)17-6-10-27(11-7-17)23(31)32-2/h17H,3-16H2,1-2H3,(H,25,29). The van der Waals surface area contributed by atoms with E-state index in [0.717, 1.165) is 43.7 Å². The highest BCUT2D eigenvalue weighted by Crippen LogP contribution is 2.37. The highest BCUT2D eigenvalue weighted by atomic mass is 16.5. The average Bonchev–Trinajstić information content (AvgIpc) is 3.15. The number of aryl methyl sites for hydroxylation is 2. The molecule has 0 aliphatic carbocycles. The molecule has 2 fully saturated rings. The fraction of sp³-hybridized carbons (Fsp3) is 0.750. The summed E-state index contributed by atoms with van der Waals surface area (Å²) in [6, 6.07) is 0. The molecule has 1 N–H and O–H groups in total. The molecule has 2 amide bonds. The zero-order valence-corrected chi connectivity index (χ0v) is 20.3. The maximum Gasteiger partial charge on any atom is 0.409 e. The zero-order chi connectivity index (χ0) is 24.1. The molecule has 0 unspecified atom stereocenters. The molecule has 10 heteroatoms. The normalized spacial score (nSPS) is 20.4. The lowest BCUT2D eigenvalue weighted by molar-refractivity contribution is -0.150. The number of rotatable bonds is 6. The van der Waals surface area contributed by atoms with Gasteiger partial charge in [-0.15, -0.1) is 0 Å². The number of carbonyl (C=O) groups excluding carboxylic acids is 3. The van der Waals surface area contributed by atoms with E-state index in [1.807, 2.05) is 6.92 Å². The van der Waals surface area contributed by atoms with E-state index in [1.54, 1.807) is 9.58 Å². The van der Waals surface area contributed by atoms with Crippen LogP contribution in [-0.4, -0.2) is 79.2 Å². The molecule has 0 saturated carbocycles. The van der Waals surface area contributed by atoms with E-state index in [1.165, 1.54) is 7.11 Å². The average molecular weight is 477 g/mol. The van der Waals surface area contributed by atoms with Crippen molar-refractivity contribution in [2.45, 2.75) is 58.4 Å². The van der Waals surface area contributed by atoms with Gasteiger partial charge in [0.25, 0.3) is 5.91 Å². The summed E-state index contributed by atoms with van der Waals surface area (Å²) in [5, 5.41) is 7.88. The van der Waals surface area contributed by atoms with Crippen LogP contribution >= 0.6 is 0 Å². The number of ether oxygens (including phenoxy) is 3. The van der Waals surface area contributed by atoms with Gasteiger partial charge in [0.2, 0.25) is 0 Å². The predicted molar refractivity (Wildman–Crippen MR) is 122 cm³/mol. The van der Waals surface area contributed by atoms with Gasteiger partial charge in [-0.1, -0.05) is 0 Å². The number of aromatic nitrogens is 2. The van der Waals surface area contributed by atoms with Crippen molar-refractivity contribution in [3.8, 4) is 0 Å². The first kappa shape index (κ1) is 24.5. The van der Waals surface area contributed by atoms with E-state index in [-0.39, 0.29) is 29.3 Å². The maximum atomic E-state index is 12.9. The number of hydrogen-bond donors (Lipinski definition) is 1. The van der Waals surface area contributed by atoms with Crippen molar-refractivity contribution in [2.24, 2.45) is 11.3 Å². The summed E-state index contributed by atoms with van der Waals surface area (Å²) in [5.74, 6) is -0.444. The molecule has 0 aromatic carbocycles. The Morgan fingerprint density at radius 1 is 1.24 bits per heavy atom. The molecule has 0 radical (unpaired) electrons. The lowest BCUT2D eigenvalue weighted by Gasteiger charge is -2.36. The molecule has 0 bridgehead atoms. The van der Waals surface area contributed by atoms with Crippen LogP contribution < -0.4 is 5.32 Å². The van der Waals surface area contributed by atoms with Gasteiger partial charge < -0.3 is 24.4 Å². The molecule has 4 rings (SSSR count). The summed E-state index contributed by atoms with van der Waals surface area (Å²) >= 11 is 0. The topological polar surface area (TPSA) is 112 Å². The van der Waals surface area contributed by atoms with Gasteiger partial charge in [-0.3, -0.25) is 14.3 Å². The van der Waals surface area contributed by atoms with E-state index in [2.05, 4.69) is 5.32 Å². The van der Waals surface area contributed by atoms with Crippen LogP contribution in [0.3, 0.4) is 0 Å². The van der Waals surface area contributed by atoms with Crippen molar-refractivity contribution in [3.05, 3.63) is 17.0 Å². The zero-order valence-electron chi connectivity index (χ0n) is 20.3. The molecule has 34 heavy (non-hydrogen) atoms. The van der Waals surface area contributed by atoms with Crippen LogP contribution in [0.25, 0.3) is 0 Å². The number of esters is 1. The van der Waals surface area contributed by atoms with Crippen molar-refractivity contribution < 1.29 is 28.6 Å². The molecule has 1 spiro atoms. The third-order valence-corrected chi connectivity index (χ3v) is 7.44.